The maximum absolute atomic E-state index is 9.72. The largest absolute Gasteiger partial charge is 0.422 e. The molecular weight excluding hydrogens is 282 g/mol. The maximum Gasteiger partial charge on any atom is 0.380 e. The van der Waals surface area contributed by atoms with Crippen LogP contribution >= 0.6 is 21.6 Å². The fraction of sp³-hybridized carbons (Fsp3) is 0.833. The van der Waals surface area contributed by atoms with Crippen LogP contribution in [-0.4, -0.2) is 47.7 Å². The predicted molar refractivity (Wildman–Crippen MR) is 84.4 cm³/mol. The molecule has 1 aliphatic heterocycles. The standard InChI is InChI=1S/C12H24BO4PS/c1-9-6-11(3-5-16-13(18)19)17-12(7-9)8-10(15)2-4-14/h10-12,14-15,19H,1-8,18H2/t10-,11-,12+/m0/s1. The van der Waals surface area contributed by atoms with Gasteiger partial charge in [0.2, 0.25) is 0 Å². The Morgan fingerprint density at radius 1 is 1.53 bits per heavy atom. The zero-order valence-electron chi connectivity index (χ0n) is 11.2. The molecule has 4 nitrogen and oxygen atoms in total. The van der Waals surface area contributed by atoms with E-state index in [0.717, 1.165) is 24.8 Å². The van der Waals surface area contributed by atoms with Crippen molar-refractivity contribution in [2.45, 2.75) is 50.4 Å². The van der Waals surface area contributed by atoms with Crippen LogP contribution in [0.3, 0.4) is 0 Å². The first-order chi connectivity index (χ1) is 9.01. The van der Waals surface area contributed by atoms with Crippen molar-refractivity contribution in [2.75, 3.05) is 13.2 Å². The first kappa shape index (κ1) is 17.5. The Labute approximate surface area is 123 Å². The van der Waals surface area contributed by atoms with Gasteiger partial charge in [-0.05, 0) is 32.1 Å². The van der Waals surface area contributed by atoms with Gasteiger partial charge >= 0.3 is 5.91 Å². The number of hydrogen-bond acceptors (Lipinski definition) is 5. The van der Waals surface area contributed by atoms with Crippen molar-refractivity contribution in [1.29, 1.82) is 0 Å². The molecule has 7 heteroatoms. The molecule has 0 aliphatic carbocycles. The molecule has 0 bridgehead atoms. The fourth-order valence-electron chi connectivity index (χ4n) is 2.30. The topological polar surface area (TPSA) is 58.9 Å². The molecule has 110 valence electrons. The minimum absolute atomic E-state index is 0.00357. The molecule has 19 heavy (non-hydrogen) atoms. The number of rotatable bonds is 8. The quantitative estimate of drug-likeness (QED) is 0.275. The Morgan fingerprint density at radius 2 is 2.21 bits per heavy atom. The van der Waals surface area contributed by atoms with Gasteiger partial charge in [-0.1, -0.05) is 12.2 Å². The molecule has 1 saturated heterocycles. The van der Waals surface area contributed by atoms with Gasteiger partial charge in [-0.2, -0.15) is 12.5 Å². The molecule has 0 aromatic rings. The lowest BCUT2D eigenvalue weighted by Gasteiger charge is -2.32. The van der Waals surface area contributed by atoms with Crippen molar-refractivity contribution in [1.82, 2.24) is 0 Å². The van der Waals surface area contributed by atoms with Crippen LogP contribution in [0.2, 0.25) is 0 Å². The van der Waals surface area contributed by atoms with Crippen molar-refractivity contribution in [3.8, 4) is 0 Å². The SMILES string of the molecule is C=C1C[C@H](C[C@@H](O)CCO)O[C@@H](CCOB(P)S)C1. The average molecular weight is 306 g/mol. The van der Waals surface area contributed by atoms with Crippen LogP contribution in [0.15, 0.2) is 12.2 Å². The Kier molecular flexibility index (Phi) is 8.63. The van der Waals surface area contributed by atoms with Gasteiger partial charge in [-0.15, -0.1) is 9.12 Å². The van der Waals surface area contributed by atoms with Crippen molar-refractivity contribution >= 4 is 27.5 Å². The molecule has 4 atom stereocenters. The molecule has 0 aromatic heterocycles. The molecule has 1 fully saturated rings. The number of ether oxygens (including phenoxy) is 1. The summed E-state index contributed by atoms with van der Waals surface area (Å²) in [6.45, 7) is 4.64. The molecule has 1 heterocycles. The molecule has 0 radical (unpaired) electrons. The molecule has 2 N–H and O–H groups in total. The van der Waals surface area contributed by atoms with E-state index in [9.17, 15) is 5.11 Å². The van der Waals surface area contributed by atoms with Gasteiger partial charge in [-0.3, -0.25) is 0 Å². The molecule has 0 amide bonds. The van der Waals surface area contributed by atoms with Crippen LogP contribution in [0.4, 0.5) is 0 Å². The van der Waals surface area contributed by atoms with Crippen molar-refractivity contribution < 1.29 is 19.6 Å². The normalized spacial score (nSPS) is 25.4. The summed E-state index contributed by atoms with van der Waals surface area (Å²) >= 11 is 4.13. The van der Waals surface area contributed by atoms with E-state index >= 15 is 0 Å². The second kappa shape index (κ2) is 9.38. The van der Waals surface area contributed by atoms with E-state index in [0.29, 0.717) is 19.4 Å². The summed E-state index contributed by atoms with van der Waals surface area (Å²) in [6.07, 6.45) is 2.98. The molecule has 1 rings (SSSR count). The van der Waals surface area contributed by atoms with E-state index < -0.39 is 6.10 Å². The van der Waals surface area contributed by atoms with Gasteiger partial charge in [-0.25, -0.2) is 0 Å². The number of thiol groups is 1. The van der Waals surface area contributed by atoms with Crippen LogP contribution in [0.25, 0.3) is 0 Å². The highest BCUT2D eigenvalue weighted by atomic mass is 32.1. The van der Waals surface area contributed by atoms with Crippen molar-refractivity contribution in [2.24, 2.45) is 0 Å². The number of aliphatic hydroxyl groups is 2. The van der Waals surface area contributed by atoms with E-state index in [2.05, 4.69) is 28.2 Å². The van der Waals surface area contributed by atoms with Gasteiger partial charge in [0.15, 0.2) is 0 Å². The minimum atomic E-state index is -0.508. The average Bonchev–Trinajstić information content (AvgIpc) is 2.27. The number of aliphatic hydroxyl groups excluding tert-OH is 2. The molecule has 0 spiro atoms. The Balaban J connectivity index is 2.33. The van der Waals surface area contributed by atoms with Gasteiger partial charge in [0.05, 0.1) is 18.3 Å². The smallest absolute Gasteiger partial charge is 0.380 e. The second-order valence-electron chi connectivity index (χ2n) is 4.99. The van der Waals surface area contributed by atoms with Crippen LogP contribution in [0.1, 0.15) is 32.1 Å². The summed E-state index contributed by atoms with van der Waals surface area (Å²) in [5.74, 6) is -0.144. The fourth-order valence-corrected chi connectivity index (χ4v) is 2.54. The molecular formula is C12H24BO4PS. The Hall–Kier alpha value is 0.425. The second-order valence-corrected chi connectivity index (χ2v) is 6.67. The van der Waals surface area contributed by atoms with Crippen LogP contribution in [0.5, 0.6) is 0 Å². The maximum atomic E-state index is 9.72. The van der Waals surface area contributed by atoms with Crippen molar-refractivity contribution in [3.63, 3.8) is 0 Å². The third-order valence-electron chi connectivity index (χ3n) is 3.14. The van der Waals surface area contributed by atoms with Crippen LogP contribution < -0.4 is 0 Å². The minimum Gasteiger partial charge on any atom is -0.422 e. The first-order valence-corrected chi connectivity index (χ1v) is 7.85. The first-order valence-electron chi connectivity index (χ1n) is 6.67. The summed E-state index contributed by atoms with van der Waals surface area (Å²) in [6, 6.07) is 0. The zero-order chi connectivity index (χ0) is 14.3. The van der Waals surface area contributed by atoms with Gasteiger partial charge in [0.1, 0.15) is 0 Å². The molecule has 0 saturated carbocycles. The zero-order valence-corrected chi connectivity index (χ0v) is 13.3. The highest BCUT2D eigenvalue weighted by Crippen LogP contribution is 2.28. The predicted octanol–water partition coefficient (Wildman–Crippen LogP) is 1.42. The molecule has 1 unspecified atom stereocenters. The van der Waals surface area contributed by atoms with E-state index in [1.165, 1.54) is 0 Å². The lowest BCUT2D eigenvalue weighted by Crippen LogP contribution is -2.32. The van der Waals surface area contributed by atoms with Gasteiger partial charge in [0.25, 0.3) is 0 Å². The van der Waals surface area contributed by atoms with Crippen molar-refractivity contribution in [3.05, 3.63) is 12.2 Å². The van der Waals surface area contributed by atoms with Gasteiger partial charge in [0, 0.05) is 13.2 Å². The van der Waals surface area contributed by atoms with E-state index in [1.54, 1.807) is 0 Å². The number of hydrogen-bond donors (Lipinski definition) is 3. The Bertz CT molecular complexity index is 280. The Morgan fingerprint density at radius 3 is 2.84 bits per heavy atom. The lowest BCUT2D eigenvalue weighted by atomic mass is 9.94. The summed E-state index contributed by atoms with van der Waals surface area (Å²) in [4.78, 5) is 0. The van der Waals surface area contributed by atoms with Crippen LogP contribution in [-0.2, 0) is 9.39 Å². The third kappa shape index (κ3) is 7.69. The van der Waals surface area contributed by atoms with E-state index in [1.807, 2.05) is 0 Å². The summed E-state index contributed by atoms with van der Waals surface area (Å²) in [7, 11) is 2.47. The van der Waals surface area contributed by atoms with E-state index in [-0.39, 0.29) is 24.7 Å². The molecule has 0 aromatic carbocycles. The van der Waals surface area contributed by atoms with E-state index in [4.69, 9.17) is 14.5 Å². The lowest BCUT2D eigenvalue weighted by molar-refractivity contribution is -0.0604. The third-order valence-corrected chi connectivity index (χ3v) is 3.48. The molecule has 1 aliphatic rings. The monoisotopic (exact) mass is 306 g/mol. The van der Waals surface area contributed by atoms with Gasteiger partial charge < -0.3 is 19.6 Å². The summed E-state index contributed by atoms with van der Waals surface area (Å²) < 4.78 is 11.3. The summed E-state index contributed by atoms with van der Waals surface area (Å²) in [5.41, 5.74) is 1.16. The van der Waals surface area contributed by atoms with Crippen LogP contribution in [0, 0.1) is 0 Å². The highest BCUT2D eigenvalue weighted by molar-refractivity contribution is 8.23. The highest BCUT2D eigenvalue weighted by Gasteiger charge is 2.26. The summed E-state index contributed by atoms with van der Waals surface area (Å²) in [5, 5.41) is 18.5.